The largest absolute Gasteiger partial charge is 0.365 e. The fraction of sp³-hybridized carbons (Fsp3) is 0.429. The van der Waals surface area contributed by atoms with E-state index in [9.17, 15) is 18.0 Å². The zero-order valence-corrected chi connectivity index (χ0v) is 21.1. The lowest BCUT2D eigenvalue weighted by Crippen LogP contribution is -2.43. The molecule has 2 aliphatic heterocycles. The van der Waals surface area contributed by atoms with Gasteiger partial charge in [0, 0.05) is 39.1 Å². The number of hydrogen-bond donors (Lipinski definition) is 0. The standard InChI is InChI=1S/C28H31F3N4O2/c1-19-32-10-15-35(19)26(20-4-7-24(30)25(31)17-20)27(36)33(2)11-3-12-34-13-8-28(9-14-34)23-6-5-22(29)16-21(23)18-37-28/h4-7,10,15-17,26H,3,8-9,11-14,18H2,1-2H3. The number of aromatic nitrogens is 2. The van der Waals surface area contributed by atoms with E-state index in [0.717, 1.165) is 62.2 Å². The number of carbonyl (C=O) groups is 1. The van der Waals surface area contributed by atoms with E-state index in [0.29, 0.717) is 24.5 Å². The van der Waals surface area contributed by atoms with Crippen LogP contribution < -0.4 is 0 Å². The van der Waals surface area contributed by atoms with Crippen molar-refractivity contribution in [3.63, 3.8) is 0 Å². The first-order chi connectivity index (χ1) is 17.8. The van der Waals surface area contributed by atoms with Gasteiger partial charge in [-0.15, -0.1) is 0 Å². The van der Waals surface area contributed by atoms with Crippen LogP contribution >= 0.6 is 0 Å². The van der Waals surface area contributed by atoms with Crippen LogP contribution in [0.2, 0.25) is 0 Å². The highest BCUT2D eigenvalue weighted by Crippen LogP contribution is 2.44. The van der Waals surface area contributed by atoms with Gasteiger partial charge in [0.1, 0.15) is 17.7 Å². The molecular weight excluding hydrogens is 481 g/mol. The molecule has 3 aromatic rings. The van der Waals surface area contributed by atoms with E-state index in [4.69, 9.17) is 4.74 Å². The maximum atomic E-state index is 14.0. The van der Waals surface area contributed by atoms with Gasteiger partial charge in [0.25, 0.3) is 0 Å². The molecule has 1 aromatic heterocycles. The van der Waals surface area contributed by atoms with E-state index < -0.39 is 17.7 Å². The monoisotopic (exact) mass is 512 g/mol. The Kier molecular flexibility index (Phi) is 7.09. The zero-order chi connectivity index (χ0) is 26.2. The van der Waals surface area contributed by atoms with E-state index in [1.54, 1.807) is 41.9 Å². The van der Waals surface area contributed by atoms with E-state index in [-0.39, 0.29) is 17.3 Å². The Morgan fingerprint density at radius 3 is 2.62 bits per heavy atom. The minimum atomic E-state index is -0.988. The molecule has 1 saturated heterocycles. The number of piperidine rings is 1. The van der Waals surface area contributed by atoms with Gasteiger partial charge in [0.15, 0.2) is 11.6 Å². The lowest BCUT2D eigenvalue weighted by Gasteiger charge is -2.39. The second kappa shape index (κ2) is 10.3. The Labute approximate surface area is 214 Å². The van der Waals surface area contributed by atoms with Crippen molar-refractivity contribution in [2.45, 2.75) is 44.4 Å². The highest BCUT2D eigenvalue weighted by Gasteiger charge is 2.42. The molecule has 2 aromatic carbocycles. The molecule has 1 unspecified atom stereocenters. The first kappa shape index (κ1) is 25.5. The van der Waals surface area contributed by atoms with Crippen LogP contribution in [0, 0.1) is 24.4 Å². The summed E-state index contributed by atoms with van der Waals surface area (Å²) in [6, 6.07) is 7.67. The molecule has 0 saturated carbocycles. The third-order valence-corrected chi connectivity index (χ3v) is 7.70. The van der Waals surface area contributed by atoms with Crippen molar-refractivity contribution in [2.75, 3.05) is 33.2 Å². The Morgan fingerprint density at radius 2 is 1.92 bits per heavy atom. The van der Waals surface area contributed by atoms with Crippen LogP contribution in [0.5, 0.6) is 0 Å². The maximum Gasteiger partial charge on any atom is 0.250 e. The molecule has 1 amide bonds. The number of amides is 1. The minimum absolute atomic E-state index is 0.215. The average Bonchev–Trinajstić information content (AvgIpc) is 3.46. The summed E-state index contributed by atoms with van der Waals surface area (Å²) in [4.78, 5) is 21.7. The molecule has 9 heteroatoms. The van der Waals surface area contributed by atoms with Crippen LogP contribution in [0.1, 0.15) is 47.8 Å². The summed E-state index contributed by atoms with van der Waals surface area (Å²) in [5, 5.41) is 0. The first-order valence-corrected chi connectivity index (χ1v) is 12.6. The van der Waals surface area contributed by atoms with Crippen LogP contribution in [0.25, 0.3) is 0 Å². The van der Waals surface area contributed by atoms with Crippen molar-refractivity contribution in [3.8, 4) is 0 Å². The van der Waals surface area contributed by atoms with Crippen LogP contribution in [-0.2, 0) is 21.7 Å². The molecule has 1 atom stereocenters. The lowest BCUT2D eigenvalue weighted by molar-refractivity contribution is -0.132. The van der Waals surface area contributed by atoms with Gasteiger partial charge in [-0.3, -0.25) is 4.79 Å². The summed E-state index contributed by atoms with van der Waals surface area (Å²) in [7, 11) is 1.73. The molecule has 3 heterocycles. The summed E-state index contributed by atoms with van der Waals surface area (Å²) < 4.78 is 49.0. The smallest absolute Gasteiger partial charge is 0.250 e. The molecule has 1 spiro atoms. The Balaban J connectivity index is 1.18. The third-order valence-electron chi connectivity index (χ3n) is 7.70. The summed E-state index contributed by atoms with van der Waals surface area (Å²) >= 11 is 0. The lowest BCUT2D eigenvalue weighted by atomic mass is 9.84. The molecule has 0 aliphatic carbocycles. The van der Waals surface area contributed by atoms with Crippen molar-refractivity contribution < 1.29 is 22.7 Å². The summed E-state index contributed by atoms with van der Waals surface area (Å²) in [6.45, 7) is 5.29. The Hall–Kier alpha value is -3.17. The maximum absolute atomic E-state index is 14.0. The Bertz CT molecular complexity index is 1290. The molecule has 37 heavy (non-hydrogen) atoms. The van der Waals surface area contributed by atoms with Gasteiger partial charge in [0.2, 0.25) is 5.91 Å². The molecule has 0 radical (unpaired) electrons. The van der Waals surface area contributed by atoms with Crippen LogP contribution in [0.3, 0.4) is 0 Å². The van der Waals surface area contributed by atoms with E-state index >= 15 is 0 Å². The van der Waals surface area contributed by atoms with Gasteiger partial charge in [-0.05, 0) is 73.7 Å². The van der Waals surface area contributed by atoms with Crippen molar-refractivity contribution >= 4 is 5.91 Å². The number of ether oxygens (including phenoxy) is 1. The van der Waals surface area contributed by atoms with Gasteiger partial charge in [0.05, 0.1) is 12.2 Å². The zero-order valence-electron chi connectivity index (χ0n) is 21.1. The van der Waals surface area contributed by atoms with Crippen LogP contribution in [0.4, 0.5) is 13.2 Å². The predicted octanol–water partition coefficient (Wildman–Crippen LogP) is 4.57. The van der Waals surface area contributed by atoms with Crippen LogP contribution in [-0.4, -0.2) is 58.5 Å². The second-order valence-corrected chi connectivity index (χ2v) is 10.00. The first-order valence-electron chi connectivity index (χ1n) is 12.6. The molecular formula is C28H31F3N4O2. The van der Waals surface area contributed by atoms with E-state index in [1.165, 1.54) is 12.1 Å². The SMILES string of the molecule is Cc1nccn1C(C(=O)N(C)CCCN1CCC2(CC1)OCc1cc(F)ccc12)c1ccc(F)c(F)c1. The van der Waals surface area contributed by atoms with Gasteiger partial charge in [-0.2, -0.15) is 0 Å². The normalized spacial score (nSPS) is 17.6. The van der Waals surface area contributed by atoms with E-state index in [2.05, 4.69) is 9.88 Å². The summed E-state index contributed by atoms with van der Waals surface area (Å²) in [6.07, 6.45) is 5.72. The molecule has 0 N–H and O–H groups in total. The number of likely N-dealkylation sites (tertiary alicyclic amines) is 1. The Morgan fingerprint density at radius 1 is 1.14 bits per heavy atom. The molecule has 6 nitrogen and oxygen atoms in total. The topological polar surface area (TPSA) is 50.6 Å². The quantitative estimate of drug-likeness (QED) is 0.466. The number of imidazole rings is 1. The highest BCUT2D eigenvalue weighted by atomic mass is 19.2. The number of halogens is 3. The van der Waals surface area contributed by atoms with Crippen molar-refractivity contribution in [1.29, 1.82) is 0 Å². The van der Waals surface area contributed by atoms with E-state index in [1.807, 2.05) is 6.07 Å². The molecule has 2 aliphatic rings. The number of hydrogen-bond acceptors (Lipinski definition) is 4. The molecule has 1 fully saturated rings. The van der Waals surface area contributed by atoms with Crippen molar-refractivity contribution in [2.24, 2.45) is 0 Å². The van der Waals surface area contributed by atoms with Crippen molar-refractivity contribution in [1.82, 2.24) is 19.4 Å². The molecule has 5 rings (SSSR count). The second-order valence-electron chi connectivity index (χ2n) is 10.00. The third kappa shape index (κ3) is 5.02. The number of carbonyl (C=O) groups excluding carboxylic acids is 1. The van der Waals surface area contributed by atoms with Crippen LogP contribution in [0.15, 0.2) is 48.8 Å². The number of aryl methyl sites for hydroxylation is 1. The van der Waals surface area contributed by atoms with Crippen molar-refractivity contribution in [3.05, 3.63) is 88.8 Å². The molecule has 0 bridgehead atoms. The summed E-state index contributed by atoms with van der Waals surface area (Å²) in [5.74, 6) is -1.78. The molecule has 196 valence electrons. The number of likely N-dealkylation sites (N-methyl/N-ethyl adjacent to an activating group) is 1. The average molecular weight is 513 g/mol. The van der Waals surface area contributed by atoms with Gasteiger partial charge < -0.3 is 19.1 Å². The number of nitrogens with zero attached hydrogens (tertiary/aromatic N) is 4. The van der Waals surface area contributed by atoms with Gasteiger partial charge in [-0.1, -0.05) is 12.1 Å². The number of benzene rings is 2. The fourth-order valence-corrected chi connectivity index (χ4v) is 5.59. The highest BCUT2D eigenvalue weighted by molar-refractivity contribution is 5.83. The predicted molar refractivity (Wildman–Crippen MR) is 132 cm³/mol. The summed E-state index contributed by atoms with van der Waals surface area (Å²) in [5.41, 5.74) is 2.09. The van der Waals surface area contributed by atoms with Gasteiger partial charge in [-0.25, -0.2) is 18.2 Å². The minimum Gasteiger partial charge on any atom is -0.365 e. The fourth-order valence-electron chi connectivity index (χ4n) is 5.59. The number of fused-ring (bicyclic) bond motifs is 2. The van der Waals surface area contributed by atoms with Gasteiger partial charge >= 0.3 is 0 Å². The number of rotatable bonds is 7.